The largest absolute Gasteiger partial charge is 0.303 e. The van der Waals surface area contributed by atoms with Crippen molar-refractivity contribution < 1.29 is 12.8 Å². The number of hydrogen-bond donors (Lipinski definition) is 0. The number of halogens is 1. The van der Waals surface area contributed by atoms with Crippen LogP contribution in [0.25, 0.3) is 17.2 Å². The Hall–Kier alpha value is -2.28. The lowest BCUT2D eigenvalue weighted by Gasteiger charge is -2.31. The van der Waals surface area contributed by atoms with Crippen molar-refractivity contribution in [2.45, 2.75) is 17.9 Å². The Morgan fingerprint density at radius 2 is 1.86 bits per heavy atom. The minimum atomic E-state index is -3.23. The zero-order valence-electron chi connectivity index (χ0n) is 16.8. The maximum atomic E-state index is 14.1. The van der Waals surface area contributed by atoms with Gasteiger partial charge in [0.1, 0.15) is 5.82 Å². The van der Waals surface area contributed by atoms with Crippen LogP contribution in [0.1, 0.15) is 23.6 Å². The standard InChI is InChI=1S/C23H24FN2O2S/c1-15-20(12-16-4-7-18(8-5-16)29(3,27)28)19-9-6-17(24)13-21(19)23(15)22-14-26(2)11-10-25-22/h4-9,12-13,22H,10-11,14H2,1-3H3. The second kappa shape index (κ2) is 7.52. The Morgan fingerprint density at radius 1 is 1.14 bits per heavy atom. The molecule has 1 aliphatic carbocycles. The fraction of sp³-hybridized carbons (Fsp3) is 0.304. The first kappa shape index (κ1) is 20.0. The highest BCUT2D eigenvalue weighted by atomic mass is 32.2. The highest BCUT2D eigenvalue weighted by molar-refractivity contribution is 7.90. The lowest BCUT2D eigenvalue weighted by molar-refractivity contribution is 0.261. The summed E-state index contributed by atoms with van der Waals surface area (Å²) in [4.78, 5) is 2.55. The number of hydrogen-bond acceptors (Lipinski definition) is 3. The van der Waals surface area contributed by atoms with Crippen LogP contribution in [-0.2, 0) is 9.84 Å². The van der Waals surface area contributed by atoms with Gasteiger partial charge in [0.2, 0.25) is 0 Å². The van der Waals surface area contributed by atoms with Gasteiger partial charge >= 0.3 is 0 Å². The molecule has 4 rings (SSSR count). The van der Waals surface area contributed by atoms with Crippen molar-refractivity contribution >= 4 is 27.1 Å². The van der Waals surface area contributed by atoms with Crippen LogP contribution in [-0.4, -0.2) is 52.3 Å². The Labute approximate surface area is 171 Å². The summed E-state index contributed by atoms with van der Waals surface area (Å²) in [5.41, 5.74) is 6.03. The normalized spacial score (nSPS) is 21.7. The van der Waals surface area contributed by atoms with Gasteiger partial charge in [0, 0.05) is 25.9 Å². The van der Waals surface area contributed by atoms with E-state index < -0.39 is 9.84 Å². The van der Waals surface area contributed by atoms with Crippen LogP contribution in [0.15, 0.2) is 52.9 Å². The number of nitrogens with zero attached hydrogens (tertiary/aromatic N) is 2. The molecule has 1 fully saturated rings. The lowest BCUT2D eigenvalue weighted by Crippen LogP contribution is -2.45. The topological polar surface area (TPSA) is 51.5 Å². The molecule has 0 spiro atoms. The number of sulfone groups is 1. The van der Waals surface area contributed by atoms with Crippen molar-refractivity contribution in [2.24, 2.45) is 0 Å². The van der Waals surface area contributed by atoms with Gasteiger partial charge in [-0.25, -0.2) is 18.1 Å². The van der Waals surface area contributed by atoms with Crippen LogP contribution < -0.4 is 5.32 Å². The zero-order chi connectivity index (χ0) is 20.8. The van der Waals surface area contributed by atoms with Crippen LogP contribution in [0.2, 0.25) is 0 Å². The van der Waals surface area contributed by atoms with Crippen molar-refractivity contribution in [3.63, 3.8) is 0 Å². The quantitative estimate of drug-likeness (QED) is 0.777. The van der Waals surface area contributed by atoms with Crippen molar-refractivity contribution in [3.8, 4) is 0 Å². The number of piperazine rings is 1. The Bertz CT molecular complexity index is 1120. The summed E-state index contributed by atoms with van der Waals surface area (Å²) in [5.74, 6) is -0.253. The maximum absolute atomic E-state index is 14.1. The van der Waals surface area contributed by atoms with Gasteiger partial charge in [-0.2, -0.15) is 0 Å². The average Bonchev–Trinajstić information content (AvgIpc) is 2.92. The predicted molar refractivity (Wildman–Crippen MR) is 115 cm³/mol. The van der Waals surface area contributed by atoms with Crippen molar-refractivity contribution in [2.75, 3.05) is 32.9 Å². The van der Waals surface area contributed by atoms with E-state index in [9.17, 15) is 12.8 Å². The van der Waals surface area contributed by atoms with Crippen LogP contribution in [0.5, 0.6) is 0 Å². The molecule has 29 heavy (non-hydrogen) atoms. The van der Waals surface area contributed by atoms with Crippen molar-refractivity contribution in [1.29, 1.82) is 0 Å². The third-order valence-corrected chi connectivity index (χ3v) is 6.77. The molecule has 151 valence electrons. The van der Waals surface area contributed by atoms with Gasteiger partial charge in [0.05, 0.1) is 10.9 Å². The molecular weight excluding hydrogens is 387 g/mol. The van der Waals surface area contributed by atoms with E-state index >= 15 is 0 Å². The first-order valence-corrected chi connectivity index (χ1v) is 11.5. The van der Waals surface area contributed by atoms with Crippen LogP contribution >= 0.6 is 0 Å². The zero-order valence-corrected chi connectivity index (χ0v) is 17.6. The fourth-order valence-corrected chi connectivity index (χ4v) is 4.76. The van der Waals surface area contributed by atoms with Gasteiger partial charge in [-0.15, -0.1) is 0 Å². The monoisotopic (exact) mass is 411 g/mol. The molecular formula is C23H24FN2O2S. The van der Waals surface area contributed by atoms with Gasteiger partial charge in [0.25, 0.3) is 0 Å². The number of benzene rings is 2. The molecule has 0 bridgehead atoms. The van der Waals surface area contributed by atoms with E-state index in [1.807, 2.05) is 12.1 Å². The average molecular weight is 412 g/mol. The molecule has 1 atom stereocenters. The first-order valence-electron chi connectivity index (χ1n) is 9.62. The predicted octanol–water partition coefficient (Wildman–Crippen LogP) is 3.48. The molecule has 1 heterocycles. The Balaban J connectivity index is 1.80. The third-order valence-electron chi connectivity index (χ3n) is 5.64. The second-order valence-corrected chi connectivity index (χ2v) is 9.83. The van der Waals surface area contributed by atoms with Crippen LogP contribution in [0.3, 0.4) is 0 Å². The van der Waals surface area contributed by atoms with E-state index in [4.69, 9.17) is 5.32 Å². The molecule has 0 N–H and O–H groups in total. The Kier molecular flexibility index (Phi) is 5.19. The summed E-state index contributed by atoms with van der Waals surface area (Å²) >= 11 is 0. The molecule has 2 aromatic carbocycles. The molecule has 0 aromatic heterocycles. The van der Waals surface area contributed by atoms with Gasteiger partial charge in [-0.05, 0) is 77.7 Å². The summed E-state index contributed by atoms with van der Waals surface area (Å²) in [6.45, 7) is 4.59. The number of allylic oxidation sites excluding steroid dienone is 2. The molecule has 2 aromatic rings. The van der Waals surface area contributed by atoms with E-state index in [0.717, 1.165) is 53.0 Å². The minimum Gasteiger partial charge on any atom is -0.303 e. The van der Waals surface area contributed by atoms with Gasteiger partial charge in [-0.3, -0.25) is 0 Å². The molecule has 1 saturated heterocycles. The molecule has 0 saturated carbocycles. The summed E-state index contributed by atoms with van der Waals surface area (Å²) < 4.78 is 37.5. The van der Waals surface area contributed by atoms with Gasteiger partial charge in [-0.1, -0.05) is 18.2 Å². The maximum Gasteiger partial charge on any atom is 0.175 e. The number of likely N-dealkylation sites (N-methyl/N-ethyl adjacent to an activating group) is 1. The summed E-state index contributed by atoms with van der Waals surface area (Å²) in [7, 11) is -1.15. The second-order valence-electron chi connectivity index (χ2n) is 7.81. The van der Waals surface area contributed by atoms with Crippen molar-refractivity contribution in [1.82, 2.24) is 10.2 Å². The highest BCUT2D eigenvalue weighted by Gasteiger charge is 2.32. The Morgan fingerprint density at radius 3 is 2.52 bits per heavy atom. The number of fused-ring (bicyclic) bond motifs is 1. The van der Waals surface area contributed by atoms with E-state index in [-0.39, 0.29) is 11.9 Å². The molecule has 4 nitrogen and oxygen atoms in total. The fourth-order valence-electron chi connectivity index (χ4n) is 4.13. The molecule has 1 radical (unpaired) electrons. The SMILES string of the molecule is CC1=C(C2CN(C)CC[N]2)c2cc(F)ccc2C1=Cc1ccc(S(C)(=O)=O)cc1. The van der Waals surface area contributed by atoms with Gasteiger partial charge < -0.3 is 4.90 Å². The van der Waals surface area contributed by atoms with Crippen LogP contribution in [0, 0.1) is 5.82 Å². The van der Waals surface area contributed by atoms with Gasteiger partial charge in [0.15, 0.2) is 9.84 Å². The van der Waals surface area contributed by atoms with Crippen LogP contribution in [0.4, 0.5) is 4.39 Å². The molecule has 6 heteroatoms. The van der Waals surface area contributed by atoms with E-state index in [1.165, 1.54) is 12.3 Å². The molecule has 1 unspecified atom stereocenters. The summed E-state index contributed by atoms with van der Waals surface area (Å²) in [5, 5.41) is 4.81. The minimum absolute atomic E-state index is 0.0211. The van der Waals surface area contributed by atoms with E-state index in [1.54, 1.807) is 30.3 Å². The van der Waals surface area contributed by atoms with Crippen molar-refractivity contribution in [3.05, 3.63) is 70.5 Å². The smallest absolute Gasteiger partial charge is 0.175 e. The molecule has 1 aliphatic heterocycles. The first-order chi connectivity index (χ1) is 13.7. The third kappa shape index (κ3) is 3.92. The highest BCUT2D eigenvalue weighted by Crippen LogP contribution is 2.44. The summed E-state index contributed by atoms with van der Waals surface area (Å²) in [6, 6.07) is 11.8. The summed E-state index contributed by atoms with van der Waals surface area (Å²) in [6.07, 6.45) is 3.24. The van der Waals surface area contributed by atoms with E-state index in [0.29, 0.717) is 4.90 Å². The van der Waals surface area contributed by atoms with E-state index in [2.05, 4.69) is 18.9 Å². The molecule has 2 aliphatic rings. The molecule has 0 amide bonds. The number of rotatable bonds is 3. The lowest BCUT2D eigenvalue weighted by atomic mass is 9.96.